The molecule has 1 aliphatic rings. The van der Waals surface area contributed by atoms with Crippen molar-refractivity contribution in [1.82, 2.24) is 5.32 Å². The number of carbonyl (C=O) groups excluding carboxylic acids is 1. The topological polar surface area (TPSA) is 55.1 Å². The second-order valence-electron chi connectivity index (χ2n) is 4.48. The van der Waals surface area contributed by atoms with Gasteiger partial charge in [0.25, 0.3) is 0 Å². The minimum absolute atomic E-state index is 0.191. The maximum atomic E-state index is 10.5. The van der Waals surface area contributed by atoms with Crippen LogP contribution < -0.4 is 11.1 Å². The first-order chi connectivity index (χ1) is 6.68. The normalized spacial score (nSPS) is 27.5. The molecule has 1 saturated carbocycles. The maximum absolute atomic E-state index is 10.5. The summed E-state index contributed by atoms with van der Waals surface area (Å²) in [5.74, 6) is 0.711. The van der Waals surface area contributed by atoms with Crippen LogP contribution in [0.4, 0.5) is 0 Å². The van der Waals surface area contributed by atoms with Gasteiger partial charge in [-0.3, -0.25) is 4.79 Å². The highest BCUT2D eigenvalue weighted by molar-refractivity contribution is 5.73. The van der Waals surface area contributed by atoms with Crippen LogP contribution in [0.25, 0.3) is 0 Å². The molecule has 0 aliphatic heterocycles. The molecule has 14 heavy (non-hydrogen) atoms. The van der Waals surface area contributed by atoms with Crippen LogP contribution in [0.3, 0.4) is 0 Å². The molecule has 0 radical (unpaired) electrons. The van der Waals surface area contributed by atoms with Crippen LogP contribution in [0.5, 0.6) is 0 Å². The van der Waals surface area contributed by atoms with Crippen LogP contribution in [0.1, 0.15) is 45.4 Å². The fourth-order valence-corrected chi connectivity index (χ4v) is 2.03. The molecule has 3 N–H and O–H groups in total. The van der Waals surface area contributed by atoms with Crippen molar-refractivity contribution in [3.05, 3.63) is 0 Å². The summed E-state index contributed by atoms with van der Waals surface area (Å²) in [5.41, 5.74) is 5.06. The Morgan fingerprint density at radius 3 is 2.57 bits per heavy atom. The van der Waals surface area contributed by atoms with Gasteiger partial charge < -0.3 is 11.1 Å². The summed E-state index contributed by atoms with van der Waals surface area (Å²) in [5, 5.41) is 3.49. The lowest BCUT2D eigenvalue weighted by atomic mass is 9.87. The summed E-state index contributed by atoms with van der Waals surface area (Å²) >= 11 is 0. The molecule has 0 aromatic carbocycles. The molecule has 0 aromatic rings. The number of hydrogen-bond donors (Lipinski definition) is 2. The van der Waals surface area contributed by atoms with Gasteiger partial charge in [-0.2, -0.15) is 0 Å². The molecule has 0 heterocycles. The second-order valence-corrected chi connectivity index (χ2v) is 4.48. The molecule has 0 saturated heterocycles. The third kappa shape index (κ3) is 4.61. The molecule has 0 spiro atoms. The van der Waals surface area contributed by atoms with Crippen LogP contribution in [0.2, 0.25) is 0 Å². The van der Waals surface area contributed by atoms with E-state index in [9.17, 15) is 4.79 Å². The largest absolute Gasteiger partial charge is 0.370 e. The zero-order valence-electron chi connectivity index (χ0n) is 9.09. The van der Waals surface area contributed by atoms with Crippen molar-refractivity contribution >= 4 is 5.91 Å². The van der Waals surface area contributed by atoms with Gasteiger partial charge in [0.05, 0.1) is 0 Å². The fraction of sp³-hybridized carbons (Fsp3) is 0.909. The van der Waals surface area contributed by atoms with Gasteiger partial charge in [0, 0.05) is 12.5 Å². The number of primary amides is 1. The fourth-order valence-electron chi connectivity index (χ4n) is 2.03. The second kappa shape index (κ2) is 6.02. The van der Waals surface area contributed by atoms with E-state index >= 15 is 0 Å². The van der Waals surface area contributed by atoms with Crippen molar-refractivity contribution < 1.29 is 4.79 Å². The molecular weight excluding hydrogens is 176 g/mol. The summed E-state index contributed by atoms with van der Waals surface area (Å²) in [6.45, 7) is 3.26. The first kappa shape index (κ1) is 11.5. The number of hydrogen-bond acceptors (Lipinski definition) is 2. The summed E-state index contributed by atoms with van der Waals surface area (Å²) in [7, 11) is 0. The predicted molar refractivity (Wildman–Crippen MR) is 57.9 cm³/mol. The molecule has 1 amide bonds. The van der Waals surface area contributed by atoms with Crippen molar-refractivity contribution in [2.45, 2.75) is 51.5 Å². The minimum Gasteiger partial charge on any atom is -0.370 e. The van der Waals surface area contributed by atoms with E-state index in [0.29, 0.717) is 12.5 Å². The van der Waals surface area contributed by atoms with E-state index in [1.807, 2.05) is 0 Å². The van der Waals surface area contributed by atoms with Crippen molar-refractivity contribution in [1.29, 1.82) is 0 Å². The SMILES string of the molecule is CC1CCC(NCCCC(N)=O)CC1. The average molecular weight is 198 g/mol. The third-order valence-corrected chi connectivity index (χ3v) is 3.05. The molecule has 82 valence electrons. The van der Waals surface area contributed by atoms with Crippen molar-refractivity contribution in [3.63, 3.8) is 0 Å². The summed E-state index contributed by atoms with van der Waals surface area (Å²) < 4.78 is 0. The first-order valence-electron chi connectivity index (χ1n) is 5.70. The zero-order valence-corrected chi connectivity index (χ0v) is 9.09. The number of rotatable bonds is 5. The van der Waals surface area contributed by atoms with Crippen LogP contribution >= 0.6 is 0 Å². The van der Waals surface area contributed by atoms with E-state index in [-0.39, 0.29) is 5.91 Å². The van der Waals surface area contributed by atoms with E-state index < -0.39 is 0 Å². The Balaban J connectivity index is 1.99. The molecular formula is C11H22N2O. The van der Waals surface area contributed by atoms with Crippen molar-refractivity contribution in [2.75, 3.05) is 6.54 Å². The van der Waals surface area contributed by atoms with Crippen LogP contribution in [-0.2, 0) is 4.79 Å². The van der Waals surface area contributed by atoms with Gasteiger partial charge >= 0.3 is 0 Å². The van der Waals surface area contributed by atoms with Gasteiger partial charge in [0.15, 0.2) is 0 Å². The average Bonchev–Trinajstić information content (AvgIpc) is 2.15. The van der Waals surface area contributed by atoms with Gasteiger partial charge in [0.2, 0.25) is 5.91 Å². The van der Waals surface area contributed by atoms with Crippen LogP contribution in [0, 0.1) is 5.92 Å². The quantitative estimate of drug-likeness (QED) is 0.656. The molecule has 0 aromatic heterocycles. The Bertz CT molecular complexity index is 174. The van der Waals surface area contributed by atoms with E-state index in [1.54, 1.807) is 0 Å². The highest BCUT2D eigenvalue weighted by Gasteiger charge is 2.16. The number of carbonyl (C=O) groups is 1. The Kier molecular flexibility index (Phi) is 4.94. The lowest BCUT2D eigenvalue weighted by molar-refractivity contribution is -0.118. The summed E-state index contributed by atoms with van der Waals surface area (Å²) in [4.78, 5) is 10.5. The van der Waals surface area contributed by atoms with E-state index in [4.69, 9.17) is 5.73 Å². The Labute approximate surface area is 86.4 Å². The lowest BCUT2D eigenvalue weighted by Gasteiger charge is -2.26. The van der Waals surface area contributed by atoms with Gasteiger partial charge in [-0.25, -0.2) is 0 Å². The number of nitrogens with one attached hydrogen (secondary N) is 1. The molecule has 1 rings (SSSR count). The summed E-state index contributed by atoms with van der Waals surface area (Å²) in [6.07, 6.45) is 6.65. The summed E-state index contributed by atoms with van der Waals surface area (Å²) in [6, 6.07) is 0.680. The Morgan fingerprint density at radius 2 is 2.00 bits per heavy atom. The highest BCUT2D eigenvalue weighted by Crippen LogP contribution is 2.23. The lowest BCUT2D eigenvalue weighted by Crippen LogP contribution is -2.33. The Morgan fingerprint density at radius 1 is 1.36 bits per heavy atom. The molecule has 0 unspecified atom stereocenters. The molecule has 3 heteroatoms. The van der Waals surface area contributed by atoms with Crippen molar-refractivity contribution in [3.8, 4) is 0 Å². The smallest absolute Gasteiger partial charge is 0.217 e. The molecule has 1 fully saturated rings. The van der Waals surface area contributed by atoms with Crippen molar-refractivity contribution in [2.24, 2.45) is 11.7 Å². The maximum Gasteiger partial charge on any atom is 0.217 e. The molecule has 0 atom stereocenters. The third-order valence-electron chi connectivity index (χ3n) is 3.05. The number of nitrogens with two attached hydrogens (primary N) is 1. The van der Waals surface area contributed by atoms with Crippen LogP contribution in [-0.4, -0.2) is 18.5 Å². The standard InChI is InChI=1S/C11H22N2O/c1-9-4-6-10(7-5-9)13-8-2-3-11(12)14/h9-10,13H,2-8H2,1H3,(H2,12,14). The zero-order chi connectivity index (χ0) is 10.4. The monoisotopic (exact) mass is 198 g/mol. The first-order valence-corrected chi connectivity index (χ1v) is 5.70. The Hall–Kier alpha value is -0.570. The van der Waals surface area contributed by atoms with Crippen LogP contribution in [0.15, 0.2) is 0 Å². The van der Waals surface area contributed by atoms with Gasteiger partial charge in [0.1, 0.15) is 0 Å². The van der Waals surface area contributed by atoms with E-state index in [2.05, 4.69) is 12.2 Å². The molecule has 1 aliphatic carbocycles. The van der Waals surface area contributed by atoms with Gasteiger partial charge in [-0.05, 0) is 44.6 Å². The van der Waals surface area contributed by atoms with E-state index in [0.717, 1.165) is 18.9 Å². The molecule has 0 bridgehead atoms. The number of amides is 1. The van der Waals surface area contributed by atoms with Gasteiger partial charge in [-0.1, -0.05) is 6.92 Å². The minimum atomic E-state index is -0.191. The highest BCUT2D eigenvalue weighted by atomic mass is 16.1. The van der Waals surface area contributed by atoms with E-state index in [1.165, 1.54) is 25.7 Å². The van der Waals surface area contributed by atoms with Gasteiger partial charge in [-0.15, -0.1) is 0 Å². The molecule has 3 nitrogen and oxygen atoms in total. The predicted octanol–water partition coefficient (Wildman–Crippen LogP) is 1.42.